The van der Waals surface area contributed by atoms with Crippen molar-refractivity contribution < 1.29 is 23.1 Å². The van der Waals surface area contributed by atoms with E-state index in [-0.39, 0.29) is 4.96 Å². The highest BCUT2D eigenvalue weighted by molar-refractivity contribution is 7.19. The second-order valence-corrected chi connectivity index (χ2v) is 6.30. The van der Waals surface area contributed by atoms with Crippen molar-refractivity contribution >= 4 is 22.3 Å². The maximum Gasteiger partial charge on any atom is 0.433 e. The molecular formula is C16H13F3N2O2S. The van der Waals surface area contributed by atoms with Gasteiger partial charge in [-0.2, -0.15) is 13.2 Å². The molecule has 0 saturated carbocycles. The van der Waals surface area contributed by atoms with E-state index in [1.54, 1.807) is 19.1 Å². The summed E-state index contributed by atoms with van der Waals surface area (Å²) >= 11 is 0.539. The highest BCUT2D eigenvalue weighted by Gasteiger charge is 2.41. The summed E-state index contributed by atoms with van der Waals surface area (Å²) in [6.07, 6.45) is -4.48. The van der Waals surface area contributed by atoms with Crippen LogP contribution in [0.25, 0.3) is 16.2 Å². The Hall–Kier alpha value is -2.35. The monoisotopic (exact) mass is 354 g/mol. The van der Waals surface area contributed by atoms with E-state index in [0.717, 1.165) is 9.96 Å². The van der Waals surface area contributed by atoms with Crippen molar-refractivity contribution in [2.45, 2.75) is 26.4 Å². The van der Waals surface area contributed by atoms with Crippen molar-refractivity contribution in [3.8, 4) is 11.3 Å². The van der Waals surface area contributed by atoms with Crippen LogP contribution in [0.1, 0.15) is 33.5 Å². The first-order valence-corrected chi connectivity index (χ1v) is 7.97. The highest BCUT2D eigenvalue weighted by Crippen LogP contribution is 2.40. The molecule has 0 radical (unpaired) electrons. The van der Waals surface area contributed by atoms with Gasteiger partial charge in [-0.05, 0) is 13.3 Å². The lowest BCUT2D eigenvalue weighted by atomic mass is 10.1. The zero-order valence-corrected chi connectivity index (χ0v) is 13.6. The van der Waals surface area contributed by atoms with Crippen LogP contribution in [0.2, 0.25) is 0 Å². The Morgan fingerprint density at radius 1 is 1.29 bits per heavy atom. The van der Waals surface area contributed by atoms with Gasteiger partial charge in [0.2, 0.25) is 0 Å². The van der Waals surface area contributed by atoms with E-state index in [9.17, 15) is 18.0 Å². The van der Waals surface area contributed by atoms with Gasteiger partial charge in [0.15, 0.2) is 10.7 Å². The summed E-state index contributed by atoms with van der Waals surface area (Å²) in [5.41, 5.74) is 1.37. The van der Waals surface area contributed by atoms with Gasteiger partial charge in [-0.1, -0.05) is 48.1 Å². The summed E-state index contributed by atoms with van der Waals surface area (Å²) in [6.45, 7) is 3.64. The molecule has 2 aromatic heterocycles. The second kappa shape index (κ2) is 5.62. The standard InChI is InChI=1S/C16H13F3N2O2S/c1-3-10-11(9-6-4-8(2)5-7-9)20-15-21(10)13(16(17,18)19)12(24-15)14(22)23/h4-7H,3H2,1-2H3,(H,22,23). The van der Waals surface area contributed by atoms with Crippen molar-refractivity contribution in [1.82, 2.24) is 9.38 Å². The topological polar surface area (TPSA) is 54.6 Å². The number of aromatic carboxylic acids is 1. The van der Waals surface area contributed by atoms with Crippen LogP contribution in [0.3, 0.4) is 0 Å². The average molecular weight is 354 g/mol. The van der Waals surface area contributed by atoms with Gasteiger partial charge in [-0.25, -0.2) is 9.78 Å². The van der Waals surface area contributed by atoms with Crippen molar-refractivity contribution in [2.24, 2.45) is 0 Å². The molecule has 1 aromatic carbocycles. The van der Waals surface area contributed by atoms with Crippen molar-refractivity contribution in [2.75, 3.05) is 0 Å². The molecule has 0 unspecified atom stereocenters. The van der Waals surface area contributed by atoms with Crippen LogP contribution in [0.4, 0.5) is 13.2 Å². The zero-order chi connectivity index (χ0) is 17.6. The van der Waals surface area contributed by atoms with E-state index in [1.807, 2.05) is 19.1 Å². The van der Waals surface area contributed by atoms with Gasteiger partial charge < -0.3 is 5.11 Å². The number of benzene rings is 1. The predicted octanol–water partition coefficient (Wildman–Crippen LogP) is 4.65. The molecule has 1 N–H and O–H groups in total. The van der Waals surface area contributed by atoms with Gasteiger partial charge in [-0.15, -0.1) is 0 Å². The molecule has 0 aliphatic heterocycles. The molecule has 0 atom stereocenters. The lowest BCUT2D eigenvalue weighted by Gasteiger charge is -2.09. The number of carboxylic acids is 1. The largest absolute Gasteiger partial charge is 0.477 e. The third-order valence-electron chi connectivity index (χ3n) is 3.70. The first kappa shape index (κ1) is 16.5. The van der Waals surface area contributed by atoms with Crippen molar-refractivity contribution in [3.05, 3.63) is 46.1 Å². The third kappa shape index (κ3) is 2.56. The van der Waals surface area contributed by atoms with Crippen LogP contribution >= 0.6 is 11.3 Å². The first-order chi connectivity index (χ1) is 11.2. The first-order valence-electron chi connectivity index (χ1n) is 7.15. The normalized spacial score (nSPS) is 12.0. The summed E-state index contributed by atoms with van der Waals surface area (Å²) in [5, 5.41) is 9.10. The fourth-order valence-electron chi connectivity index (χ4n) is 2.64. The number of aromatic nitrogens is 2. The van der Waals surface area contributed by atoms with E-state index in [1.165, 1.54) is 0 Å². The van der Waals surface area contributed by atoms with Gasteiger partial charge in [0.25, 0.3) is 0 Å². The smallest absolute Gasteiger partial charge is 0.433 e. The van der Waals surface area contributed by atoms with Gasteiger partial charge in [0.1, 0.15) is 4.88 Å². The Kier molecular flexibility index (Phi) is 3.87. The number of aryl methyl sites for hydroxylation is 2. The highest BCUT2D eigenvalue weighted by atomic mass is 32.1. The molecule has 0 spiro atoms. The molecule has 0 aliphatic rings. The molecule has 0 fully saturated rings. The number of fused-ring (bicyclic) bond motifs is 1. The number of hydrogen-bond acceptors (Lipinski definition) is 3. The number of rotatable bonds is 3. The number of imidazole rings is 1. The Bertz CT molecular complexity index is 924. The molecule has 2 heterocycles. The lowest BCUT2D eigenvalue weighted by Crippen LogP contribution is -2.15. The number of hydrogen-bond donors (Lipinski definition) is 1. The minimum absolute atomic E-state index is 0.0344. The summed E-state index contributed by atoms with van der Waals surface area (Å²) < 4.78 is 41.3. The number of thiazole rings is 1. The zero-order valence-electron chi connectivity index (χ0n) is 12.8. The van der Waals surface area contributed by atoms with Crippen LogP contribution in [-0.4, -0.2) is 20.5 Å². The van der Waals surface area contributed by atoms with E-state index in [0.29, 0.717) is 34.7 Å². The van der Waals surface area contributed by atoms with E-state index in [4.69, 9.17) is 5.11 Å². The predicted molar refractivity (Wildman–Crippen MR) is 84.6 cm³/mol. The number of alkyl halides is 3. The number of halogens is 3. The van der Waals surface area contributed by atoms with Crippen molar-refractivity contribution in [1.29, 1.82) is 0 Å². The molecule has 8 heteroatoms. The summed E-state index contributed by atoms with van der Waals surface area (Å²) in [4.78, 5) is 14.8. The maximum absolute atomic E-state index is 13.4. The SMILES string of the molecule is CCc1c(-c2ccc(C)cc2)nc2sc(C(=O)O)c(C(F)(F)F)n12. The minimum atomic E-state index is -4.78. The maximum atomic E-state index is 13.4. The van der Waals surface area contributed by atoms with E-state index in [2.05, 4.69) is 4.98 Å². The molecule has 126 valence electrons. The number of carbonyl (C=O) groups is 1. The van der Waals surface area contributed by atoms with Crippen LogP contribution in [0, 0.1) is 6.92 Å². The van der Waals surface area contributed by atoms with Gasteiger partial charge >= 0.3 is 12.1 Å². The van der Waals surface area contributed by atoms with Crippen LogP contribution < -0.4 is 0 Å². The Balaban J connectivity index is 2.34. The van der Waals surface area contributed by atoms with Gasteiger partial charge in [-0.3, -0.25) is 4.40 Å². The molecule has 24 heavy (non-hydrogen) atoms. The molecular weight excluding hydrogens is 341 g/mol. The van der Waals surface area contributed by atoms with Crippen LogP contribution in [0.15, 0.2) is 24.3 Å². The van der Waals surface area contributed by atoms with E-state index >= 15 is 0 Å². The van der Waals surface area contributed by atoms with E-state index < -0.39 is 22.7 Å². The molecule has 0 saturated heterocycles. The quantitative estimate of drug-likeness (QED) is 0.745. The third-order valence-corrected chi connectivity index (χ3v) is 4.73. The summed E-state index contributed by atoms with van der Waals surface area (Å²) in [6, 6.07) is 7.31. The van der Waals surface area contributed by atoms with Gasteiger partial charge in [0.05, 0.1) is 11.4 Å². The van der Waals surface area contributed by atoms with Crippen molar-refractivity contribution in [3.63, 3.8) is 0 Å². The van der Waals surface area contributed by atoms with Crippen LogP contribution in [-0.2, 0) is 12.6 Å². The molecule has 0 aliphatic carbocycles. The Labute approximate surface area is 139 Å². The molecule has 3 rings (SSSR count). The number of nitrogens with zero attached hydrogens (tertiary/aromatic N) is 2. The molecule has 0 amide bonds. The minimum Gasteiger partial charge on any atom is -0.477 e. The Morgan fingerprint density at radius 3 is 2.42 bits per heavy atom. The lowest BCUT2D eigenvalue weighted by molar-refractivity contribution is -0.142. The van der Waals surface area contributed by atoms with Gasteiger partial charge in [0, 0.05) is 5.56 Å². The second-order valence-electron chi connectivity index (χ2n) is 5.33. The molecule has 4 nitrogen and oxygen atoms in total. The van der Waals surface area contributed by atoms with Crippen LogP contribution in [0.5, 0.6) is 0 Å². The average Bonchev–Trinajstić information content (AvgIpc) is 3.02. The fourth-order valence-corrected chi connectivity index (χ4v) is 3.64. The number of carboxylic acid groups (broad SMARTS) is 1. The summed E-state index contributed by atoms with van der Waals surface area (Å²) in [5.74, 6) is -1.60. The summed E-state index contributed by atoms with van der Waals surface area (Å²) in [7, 11) is 0. The fraction of sp³-hybridized carbons (Fsp3) is 0.250. The Morgan fingerprint density at radius 2 is 1.92 bits per heavy atom. The molecule has 3 aromatic rings. The molecule has 0 bridgehead atoms.